The van der Waals surface area contributed by atoms with Gasteiger partial charge in [0.15, 0.2) is 11.5 Å². The first-order valence-corrected chi connectivity index (χ1v) is 14.1. The Balaban J connectivity index is 0.00000840. The van der Waals surface area contributed by atoms with Crippen LogP contribution in [-0.2, 0) is 13.1 Å². The van der Waals surface area contributed by atoms with E-state index in [1.165, 1.54) is 35.5 Å². The number of carbonyl (C=O) groups is 2. The summed E-state index contributed by atoms with van der Waals surface area (Å²) in [5.41, 5.74) is 1.61. The Morgan fingerprint density at radius 3 is 1.31 bits per heavy atom. The van der Waals surface area contributed by atoms with Crippen molar-refractivity contribution in [2.24, 2.45) is 0 Å². The molecular weight excluding hydrogens is 668 g/mol. The summed E-state index contributed by atoms with van der Waals surface area (Å²) in [4.78, 5) is 35.8. The van der Waals surface area contributed by atoms with E-state index in [1.54, 1.807) is 64.8 Å². The molecule has 12 heteroatoms. The molecule has 238 valence electrons. The third-order valence-corrected chi connectivity index (χ3v) is 6.75. The lowest BCUT2D eigenvalue weighted by Gasteiger charge is -2.30. The van der Waals surface area contributed by atoms with Crippen molar-refractivity contribution in [2.45, 2.75) is 51.6 Å². The first kappa shape index (κ1) is 39.7. The van der Waals surface area contributed by atoms with E-state index in [2.05, 4.69) is 38.2 Å². The van der Waals surface area contributed by atoms with Crippen molar-refractivity contribution in [1.82, 2.24) is 19.8 Å². The zero-order valence-corrected chi connectivity index (χ0v) is 29.8. The highest BCUT2D eigenvalue weighted by Gasteiger charge is 2.22. The number of hydrogen-bond acceptors (Lipinski definition) is 6. The molecular formula is C30H50Br2N6O4. The van der Waals surface area contributed by atoms with E-state index in [1.807, 2.05) is 0 Å². The van der Waals surface area contributed by atoms with E-state index in [0.29, 0.717) is 24.6 Å². The average Bonchev–Trinajstić information content (AvgIpc) is 2.87. The van der Waals surface area contributed by atoms with Crippen molar-refractivity contribution in [2.75, 3.05) is 69.5 Å². The van der Waals surface area contributed by atoms with Crippen LogP contribution in [0.2, 0.25) is 0 Å². The minimum absolute atomic E-state index is 0. The Morgan fingerprint density at radius 1 is 0.643 bits per heavy atom. The number of aromatic nitrogens is 2. The number of amides is 2. The largest absolute Gasteiger partial charge is 1.00 e. The second-order valence-electron chi connectivity index (χ2n) is 12.2. The highest BCUT2D eigenvalue weighted by atomic mass is 79.9. The van der Waals surface area contributed by atoms with Gasteiger partial charge in [0.05, 0.1) is 41.3 Å². The third kappa shape index (κ3) is 14.8. The second-order valence-corrected chi connectivity index (χ2v) is 12.2. The van der Waals surface area contributed by atoms with Gasteiger partial charge in [-0.2, -0.15) is 0 Å². The van der Waals surface area contributed by atoms with Crippen LogP contribution < -0.4 is 43.4 Å². The molecule has 0 N–H and O–H groups in total. The van der Waals surface area contributed by atoms with Gasteiger partial charge in [-0.05, 0) is 49.9 Å². The maximum atomic E-state index is 12.0. The molecule has 0 radical (unpaired) electrons. The molecule has 0 aromatic carbocycles. The van der Waals surface area contributed by atoms with Gasteiger partial charge in [-0.25, -0.2) is 9.59 Å². The Bertz CT molecular complexity index is 1010. The van der Waals surface area contributed by atoms with Crippen LogP contribution in [0.5, 0.6) is 11.5 Å². The van der Waals surface area contributed by atoms with Crippen molar-refractivity contribution in [1.29, 1.82) is 0 Å². The molecule has 42 heavy (non-hydrogen) atoms. The van der Waals surface area contributed by atoms with E-state index >= 15 is 0 Å². The number of nitrogens with zero attached hydrogens (tertiary/aromatic N) is 6. The number of hydrogen-bond donors (Lipinski definition) is 0. The first-order chi connectivity index (χ1) is 18.8. The van der Waals surface area contributed by atoms with E-state index in [0.717, 1.165) is 46.3 Å². The molecule has 0 saturated heterocycles. The summed E-state index contributed by atoms with van der Waals surface area (Å²) in [6, 6.07) is 7.19. The van der Waals surface area contributed by atoms with Gasteiger partial charge >= 0.3 is 12.2 Å². The standard InChI is InChI=1S/C30H50N6O4.2BrH/c1-33(2)29(37)39-27-17-15-19-31-25(27)23-35(5,6)21-13-11-9-10-12-14-22-36(7,8)24-26-28(18-16-20-32-26)40-30(38)34(3)4;;/h15-20H,9-14,21-24H2,1-8H3;2*1H/q+2;;/p-2. The van der Waals surface area contributed by atoms with Crippen LogP contribution in [0.3, 0.4) is 0 Å². The van der Waals surface area contributed by atoms with Crippen molar-refractivity contribution in [3.05, 3.63) is 48.0 Å². The Hall–Kier alpha value is -2.28. The number of rotatable bonds is 15. The summed E-state index contributed by atoms with van der Waals surface area (Å²) in [6.45, 7) is 3.48. The maximum Gasteiger partial charge on any atom is 0.414 e. The predicted octanol–water partition coefficient (Wildman–Crippen LogP) is -1.20. The minimum Gasteiger partial charge on any atom is -1.00 e. The number of quaternary nitrogens is 2. The molecule has 2 aromatic rings. The van der Waals surface area contributed by atoms with Crippen molar-refractivity contribution in [3.8, 4) is 11.5 Å². The zero-order valence-electron chi connectivity index (χ0n) is 26.6. The summed E-state index contributed by atoms with van der Waals surface area (Å²) in [5.74, 6) is 1.06. The number of halogens is 2. The minimum atomic E-state index is -0.395. The van der Waals surface area contributed by atoms with E-state index in [4.69, 9.17) is 9.47 Å². The fourth-order valence-corrected chi connectivity index (χ4v) is 4.40. The van der Waals surface area contributed by atoms with Gasteiger partial charge in [0.1, 0.15) is 24.5 Å². The lowest BCUT2D eigenvalue weighted by Crippen LogP contribution is -3.00. The monoisotopic (exact) mass is 716 g/mol. The smallest absolute Gasteiger partial charge is 0.414 e. The molecule has 2 rings (SSSR count). The number of unbranched alkanes of at least 4 members (excludes halogenated alkanes) is 5. The molecule has 10 nitrogen and oxygen atoms in total. The van der Waals surface area contributed by atoms with Crippen molar-refractivity contribution >= 4 is 12.2 Å². The van der Waals surface area contributed by atoms with Gasteiger partial charge in [0.2, 0.25) is 0 Å². The van der Waals surface area contributed by atoms with E-state index in [9.17, 15) is 9.59 Å². The van der Waals surface area contributed by atoms with Crippen molar-refractivity contribution in [3.63, 3.8) is 0 Å². The molecule has 0 aliphatic rings. The second kappa shape index (κ2) is 19.1. The van der Waals surface area contributed by atoms with Crippen molar-refractivity contribution < 1.29 is 62.0 Å². The van der Waals surface area contributed by atoms with Gasteiger partial charge in [-0.3, -0.25) is 9.97 Å². The summed E-state index contributed by atoms with van der Waals surface area (Å²) in [6.07, 6.45) is 9.81. The normalized spacial score (nSPS) is 11.1. The summed E-state index contributed by atoms with van der Waals surface area (Å²) >= 11 is 0. The van der Waals surface area contributed by atoms with Crippen LogP contribution in [0.4, 0.5) is 9.59 Å². The topological polar surface area (TPSA) is 84.9 Å². The van der Waals surface area contributed by atoms with Crippen LogP contribution >= 0.6 is 0 Å². The van der Waals surface area contributed by atoms with Crippen LogP contribution in [0.15, 0.2) is 36.7 Å². The molecule has 0 atom stereocenters. The molecule has 0 bridgehead atoms. The van der Waals surface area contributed by atoms with E-state index in [-0.39, 0.29) is 34.0 Å². The Labute approximate surface area is 273 Å². The van der Waals surface area contributed by atoms with Crippen LogP contribution in [0.1, 0.15) is 49.9 Å². The first-order valence-electron chi connectivity index (χ1n) is 14.1. The quantitative estimate of drug-likeness (QED) is 0.170. The average molecular weight is 719 g/mol. The van der Waals surface area contributed by atoms with Gasteiger partial charge < -0.3 is 62.2 Å². The predicted molar refractivity (Wildman–Crippen MR) is 157 cm³/mol. The molecule has 2 aromatic heterocycles. The molecule has 2 amide bonds. The molecule has 0 saturated carbocycles. The number of pyridine rings is 2. The van der Waals surface area contributed by atoms with Crippen LogP contribution in [0, 0.1) is 0 Å². The number of carbonyl (C=O) groups excluding carboxylic acids is 2. The maximum absolute atomic E-state index is 12.0. The molecule has 2 heterocycles. The van der Waals surface area contributed by atoms with Crippen LogP contribution in [0.25, 0.3) is 0 Å². The SMILES string of the molecule is CN(C)C(=O)Oc1cccnc1C[N+](C)(C)CCCCCCCC[N+](C)(C)Cc1ncccc1OC(=O)N(C)C.[Br-].[Br-]. The van der Waals surface area contributed by atoms with E-state index < -0.39 is 12.2 Å². The summed E-state index contributed by atoms with van der Waals surface area (Å²) < 4.78 is 12.6. The lowest BCUT2D eigenvalue weighted by atomic mass is 10.1. The highest BCUT2D eigenvalue weighted by Crippen LogP contribution is 2.22. The molecule has 0 unspecified atom stereocenters. The van der Waals surface area contributed by atoms with Crippen LogP contribution in [-0.4, -0.2) is 110 Å². The van der Waals surface area contributed by atoms with Gasteiger partial charge in [0, 0.05) is 40.6 Å². The molecule has 0 aliphatic carbocycles. The summed E-state index contributed by atoms with van der Waals surface area (Å²) in [7, 11) is 15.5. The lowest BCUT2D eigenvalue weighted by molar-refractivity contribution is -0.904. The number of ether oxygens (including phenoxy) is 2. The zero-order chi connectivity index (χ0) is 29.8. The fourth-order valence-electron chi connectivity index (χ4n) is 4.40. The highest BCUT2D eigenvalue weighted by molar-refractivity contribution is 5.70. The summed E-state index contributed by atoms with van der Waals surface area (Å²) in [5, 5.41) is 0. The van der Waals surface area contributed by atoms with Gasteiger partial charge in [0.25, 0.3) is 0 Å². The molecule has 0 spiro atoms. The molecule has 0 fully saturated rings. The fraction of sp³-hybridized carbons (Fsp3) is 0.600. The van der Waals surface area contributed by atoms with Gasteiger partial charge in [-0.1, -0.05) is 12.8 Å². The Morgan fingerprint density at radius 2 is 0.976 bits per heavy atom. The Kier molecular flexibility index (Phi) is 18.1. The molecule has 0 aliphatic heterocycles. The van der Waals surface area contributed by atoms with Gasteiger partial charge in [-0.15, -0.1) is 0 Å². The third-order valence-electron chi connectivity index (χ3n) is 6.75.